The number of hydrogen-bond donors (Lipinski definition) is 1. The van der Waals surface area contributed by atoms with Gasteiger partial charge in [0.1, 0.15) is 0 Å². The zero-order valence-corrected chi connectivity index (χ0v) is 13.6. The predicted octanol–water partition coefficient (Wildman–Crippen LogP) is 4.35. The molecule has 0 radical (unpaired) electrons. The molecule has 2 nitrogen and oxygen atoms in total. The number of benzene rings is 2. The third kappa shape index (κ3) is 3.85. The van der Waals surface area contributed by atoms with Crippen LogP contribution in [0.1, 0.15) is 30.0 Å². The molecule has 0 aliphatic rings. The van der Waals surface area contributed by atoms with Crippen molar-refractivity contribution in [2.24, 2.45) is 5.73 Å². The maximum absolute atomic E-state index is 6.17. The van der Waals surface area contributed by atoms with Crippen LogP contribution in [0.25, 0.3) is 0 Å². The first kappa shape index (κ1) is 15.6. The molecular weight excluding hydrogens is 256 g/mol. The molecule has 1 atom stereocenters. The Morgan fingerprint density at radius 2 is 1.76 bits per heavy atom. The molecule has 0 saturated carbocycles. The van der Waals surface area contributed by atoms with Crippen LogP contribution in [0.4, 0.5) is 11.4 Å². The number of rotatable bonds is 5. The van der Waals surface area contributed by atoms with Crippen molar-refractivity contribution in [1.29, 1.82) is 0 Å². The summed E-state index contributed by atoms with van der Waals surface area (Å²) in [5.74, 6) is 0. The van der Waals surface area contributed by atoms with Crippen LogP contribution >= 0.6 is 0 Å². The first-order valence-corrected chi connectivity index (χ1v) is 7.66. The smallest absolute Gasteiger partial charge is 0.0441 e. The fourth-order valence-corrected chi connectivity index (χ4v) is 2.61. The Morgan fingerprint density at radius 1 is 1.05 bits per heavy atom. The van der Waals surface area contributed by atoms with Crippen LogP contribution < -0.4 is 10.6 Å². The highest BCUT2D eigenvalue weighted by Crippen LogP contribution is 2.29. The summed E-state index contributed by atoms with van der Waals surface area (Å²) in [6, 6.07) is 15.4. The highest BCUT2D eigenvalue weighted by atomic mass is 15.1. The number of aryl methyl sites for hydroxylation is 2. The molecular formula is C19H26N2. The summed E-state index contributed by atoms with van der Waals surface area (Å²) in [7, 11) is 2.13. The second-order valence-corrected chi connectivity index (χ2v) is 5.90. The van der Waals surface area contributed by atoms with Crippen LogP contribution in [0.3, 0.4) is 0 Å². The highest BCUT2D eigenvalue weighted by Gasteiger charge is 2.12. The van der Waals surface area contributed by atoms with Gasteiger partial charge in [-0.25, -0.2) is 0 Å². The van der Waals surface area contributed by atoms with E-state index < -0.39 is 0 Å². The van der Waals surface area contributed by atoms with E-state index in [9.17, 15) is 0 Å². The Kier molecular flexibility index (Phi) is 5.03. The van der Waals surface area contributed by atoms with Gasteiger partial charge in [0.2, 0.25) is 0 Å². The summed E-state index contributed by atoms with van der Waals surface area (Å²) >= 11 is 0. The molecule has 0 aromatic heterocycles. The van der Waals surface area contributed by atoms with Crippen molar-refractivity contribution >= 4 is 11.4 Å². The van der Waals surface area contributed by atoms with E-state index in [4.69, 9.17) is 5.73 Å². The van der Waals surface area contributed by atoms with Gasteiger partial charge in [0.05, 0.1) is 0 Å². The van der Waals surface area contributed by atoms with Crippen LogP contribution in [0.2, 0.25) is 0 Å². The van der Waals surface area contributed by atoms with Gasteiger partial charge >= 0.3 is 0 Å². The average Bonchev–Trinajstić information content (AvgIpc) is 2.46. The summed E-state index contributed by atoms with van der Waals surface area (Å²) in [6.45, 7) is 6.40. The Labute approximate surface area is 128 Å². The SMILES string of the molecule is CCC(N)Cc1cc(C)ccc1N(C)c1cccc(C)c1. The van der Waals surface area contributed by atoms with Gasteiger partial charge in [0.15, 0.2) is 0 Å². The first-order chi connectivity index (χ1) is 10.0. The van der Waals surface area contributed by atoms with E-state index in [2.05, 4.69) is 75.2 Å². The zero-order chi connectivity index (χ0) is 15.4. The van der Waals surface area contributed by atoms with Gasteiger partial charge in [-0.3, -0.25) is 0 Å². The standard InChI is InChI=1S/C19H26N2/c1-5-17(20)13-16-11-15(3)9-10-19(16)21(4)18-8-6-7-14(2)12-18/h6-12,17H,5,13,20H2,1-4H3. The molecule has 2 aromatic carbocycles. The Balaban J connectivity index is 2.38. The van der Waals surface area contributed by atoms with Crippen LogP contribution in [-0.4, -0.2) is 13.1 Å². The summed E-state index contributed by atoms with van der Waals surface area (Å²) in [5, 5.41) is 0. The third-order valence-electron chi connectivity index (χ3n) is 3.99. The normalized spacial score (nSPS) is 12.2. The molecule has 0 heterocycles. The molecule has 0 aliphatic heterocycles. The predicted molar refractivity (Wildman–Crippen MR) is 92.4 cm³/mol. The van der Waals surface area contributed by atoms with E-state index in [0.717, 1.165) is 12.8 Å². The van der Waals surface area contributed by atoms with Crippen molar-refractivity contribution in [3.63, 3.8) is 0 Å². The maximum Gasteiger partial charge on any atom is 0.0441 e. The van der Waals surface area contributed by atoms with Crippen LogP contribution in [0.15, 0.2) is 42.5 Å². The minimum Gasteiger partial charge on any atom is -0.344 e. The zero-order valence-electron chi connectivity index (χ0n) is 13.6. The second-order valence-electron chi connectivity index (χ2n) is 5.90. The molecule has 0 spiro atoms. The van der Waals surface area contributed by atoms with Crippen LogP contribution in [0, 0.1) is 13.8 Å². The van der Waals surface area contributed by atoms with E-state index in [0.29, 0.717) is 0 Å². The number of anilines is 2. The van der Waals surface area contributed by atoms with Crippen molar-refractivity contribution in [1.82, 2.24) is 0 Å². The Bertz CT molecular complexity index is 604. The van der Waals surface area contributed by atoms with Crippen molar-refractivity contribution in [2.75, 3.05) is 11.9 Å². The van der Waals surface area contributed by atoms with Crippen molar-refractivity contribution in [3.8, 4) is 0 Å². The minimum atomic E-state index is 0.219. The van der Waals surface area contributed by atoms with E-state index in [-0.39, 0.29) is 6.04 Å². The molecule has 0 amide bonds. The molecule has 0 bridgehead atoms. The largest absolute Gasteiger partial charge is 0.344 e. The molecule has 0 saturated heterocycles. The fraction of sp³-hybridized carbons (Fsp3) is 0.368. The molecule has 112 valence electrons. The fourth-order valence-electron chi connectivity index (χ4n) is 2.61. The lowest BCUT2D eigenvalue weighted by Crippen LogP contribution is -2.23. The van der Waals surface area contributed by atoms with Gasteiger partial charge in [-0.05, 0) is 56.0 Å². The van der Waals surface area contributed by atoms with Crippen molar-refractivity contribution in [3.05, 3.63) is 59.2 Å². The average molecular weight is 282 g/mol. The number of nitrogens with two attached hydrogens (primary N) is 1. The topological polar surface area (TPSA) is 29.3 Å². The highest BCUT2D eigenvalue weighted by molar-refractivity contribution is 5.66. The molecule has 2 aromatic rings. The van der Waals surface area contributed by atoms with E-state index in [1.165, 1.54) is 28.1 Å². The van der Waals surface area contributed by atoms with Gasteiger partial charge in [0.25, 0.3) is 0 Å². The van der Waals surface area contributed by atoms with Gasteiger partial charge in [-0.2, -0.15) is 0 Å². The lowest BCUT2D eigenvalue weighted by Gasteiger charge is -2.24. The van der Waals surface area contributed by atoms with E-state index >= 15 is 0 Å². The van der Waals surface area contributed by atoms with E-state index in [1.807, 2.05) is 0 Å². The summed E-state index contributed by atoms with van der Waals surface area (Å²) in [6.07, 6.45) is 1.92. The summed E-state index contributed by atoms with van der Waals surface area (Å²) < 4.78 is 0. The molecule has 2 N–H and O–H groups in total. The Hall–Kier alpha value is -1.80. The van der Waals surface area contributed by atoms with Gasteiger partial charge in [-0.1, -0.05) is 36.8 Å². The lowest BCUT2D eigenvalue weighted by molar-refractivity contribution is 0.646. The molecule has 1 unspecified atom stereocenters. The molecule has 21 heavy (non-hydrogen) atoms. The second kappa shape index (κ2) is 6.77. The minimum absolute atomic E-state index is 0.219. The molecule has 0 fully saturated rings. The summed E-state index contributed by atoms with van der Waals surface area (Å²) in [5.41, 5.74) is 12.5. The van der Waals surface area contributed by atoms with Crippen LogP contribution in [0.5, 0.6) is 0 Å². The molecule has 2 rings (SSSR count). The van der Waals surface area contributed by atoms with Crippen LogP contribution in [-0.2, 0) is 6.42 Å². The Morgan fingerprint density at radius 3 is 2.43 bits per heavy atom. The van der Waals surface area contributed by atoms with Gasteiger partial charge in [0, 0.05) is 24.5 Å². The number of nitrogens with zero attached hydrogens (tertiary/aromatic N) is 1. The quantitative estimate of drug-likeness (QED) is 0.883. The van der Waals surface area contributed by atoms with Gasteiger partial charge < -0.3 is 10.6 Å². The van der Waals surface area contributed by atoms with Crippen molar-refractivity contribution in [2.45, 2.75) is 39.7 Å². The summed E-state index contributed by atoms with van der Waals surface area (Å²) in [4.78, 5) is 2.25. The maximum atomic E-state index is 6.17. The third-order valence-corrected chi connectivity index (χ3v) is 3.99. The molecule has 0 aliphatic carbocycles. The lowest BCUT2D eigenvalue weighted by atomic mass is 10.00. The molecule has 2 heteroatoms. The number of hydrogen-bond acceptors (Lipinski definition) is 2. The van der Waals surface area contributed by atoms with E-state index in [1.54, 1.807) is 0 Å². The monoisotopic (exact) mass is 282 g/mol. The first-order valence-electron chi connectivity index (χ1n) is 7.66. The van der Waals surface area contributed by atoms with Gasteiger partial charge in [-0.15, -0.1) is 0 Å². The van der Waals surface area contributed by atoms with Crippen molar-refractivity contribution < 1.29 is 0 Å².